The van der Waals surface area contributed by atoms with Gasteiger partial charge in [-0.2, -0.15) is 0 Å². The fraction of sp³-hybridized carbons (Fsp3) is 0.429. The minimum Gasteiger partial charge on any atom is -0.481 e. The summed E-state index contributed by atoms with van der Waals surface area (Å²) in [5, 5.41) is 11.1. The van der Waals surface area contributed by atoms with Crippen molar-refractivity contribution in [2.45, 2.75) is 32.1 Å². The van der Waals surface area contributed by atoms with E-state index in [2.05, 4.69) is 5.32 Å². The smallest absolute Gasteiger partial charge is 0.303 e. The summed E-state index contributed by atoms with van der Waals surface area (Å²) < 4.78 is 12.8. The molecule has 0 spiro atoms. The van der Waals surface area contributed by atoms with Gasteiger partial charge in [0.2, 0.25) is 5.91 Å². The second-order valence-electron chi connectivity index (χ2n) is 4.50. The summed E-state index contributed by atoms with van der Waals surface area (Å²) in [4.78, 5) is 21.9. The van der Waals surface area contributed by atoms with Gasteiger partial charge in [-0.3, -0.25) is 9.59 Å². The Balaban J connectivity index is 2.31. The van der Waals surface area contributed by atoms with Crippen molar-refractivity contribution in [1.82, 2.24) is 5.32 Å². The van der Waals surface area contributed by atoms with E-state index in [1.54, 1.807) is 12.1 Å². The summed E-state index contributed by atoms with van der Waals surface area (Å²) in [6.07, 6.45) is 0.776. The number of rotatable bonds is 7. The lowest BCUT2D eigenvalue weighted by Crippen LogP contribution is -2.26. The number of carbonyl (C=O) groups is 2. The molecule has 0 saturated carbocycles. The highest BCUT2D eigenvalue weighted by molar-refractivity contribution is 5.76. The van der Waals surface area contributed by atoms with Gasteiger partial charge in [0.1, 0.15) is 5.82 Å². The van der Waals surface area contributed by atoms with E-state index in [0.29, 0.717) is 19.4 Å². The van der Waals surface area contributed by atoms with Gasteiger partial charge in [0.25, 0.3) is 0 Å². The number of benzene rings is 1. The van der Waals surface area contributed by atoms with Crippen molar-refractivity contribution in [3.63, 3.8) is 0 Å². The third-order valence-corrected chi connectivity index (χ3v) is 2.82. The lowest BCUT2D eigenvalue weighted by Gasteiger charge is -2.11. The predicted octanol–water partition coefficient (Wildman–Crippen LogP) is 2.30. The van der Waals surface area contributed by atoms with E-state index in [1.165, 1.54) is 12.1 Å². The molecule has 0 fully saturated rings. The van der Waals surface area contributed by atoms with Crippen LogP contribution in [0.25, 0.3) is 0 Å². The SMILES string of the molecule is CC(CC(=O)NCCCC(=O)O)c1ccc(F)cc1. The van der Waals surface area contributed by atoms with Crippen LogP contribution in [-0.2, 0) is 9.59 Å². The maximum atomic E-state index is 12.8. The number of amides is 1. The van der Waals surface area contributed by atoms with Gasteiger partial charge in [0.15, 0.2) is 0 Å². The van der Waals surface area contributed by atoms with Gasteiger partial charge < -0.3 is 10.4 Å². The number of carboxylic acid groups (broad SMARTS) is 1. The minimum absolute atomic E-state index is 0.0000683. The summed E-state index contributed by atoms with van der Waals surface area (Å²) in [6, 6.07) is 6.07. The number of hydrogen-bond acceptors (Lipinski definition) is 2. The first kappa shape index (κ1) is 15.1. The third-order valence-electron chi connectivity index (χ3n) is 2.82. The maximum Gasteiger partial charge on any atom is 0.303 e. The van der Waals surface area contributed by atoms with Crippen molar-refractivity contribution in [2.24, 2.45) is 0 Å². The van der Waals surface area contributed by atoms with Crippen LogP contribution in [0.15, 0.2) is 24.3 Å². The number of carboxylic acids is 1. The Hall–Kier alpha value is -1.91. The van der Waals surface area contributed by atoms with Crippen molar-refractivity contribution < 1.29 is 19.1 Å². The summed E-state index contributed by atoms with van der Waals surface area (Å²) in [6.45, 7) is 2.26. The summed E-state index contributed by atoms with van der Waals surface area (Å²) >= 11 is 0. The monoisotopic (exact) mass is 267 g/mol. The van der Waals surface area contributed by atoms with Gasteiger partial charge in [-0.15, -0.1) is 0 Å². The van der Waals surface area contributed by atoms with Crippen LogP contribution in [0.3, 0.4) is 0 Å². The molecule has 0 aromatic heterocycles. The molecule has 4 nitrogen and oxygen atoms in total. The first-order chi connectivity index (χ1) is 8.99. The molecule has 0 aliphatic rings. The topological polar surface area (TPSA) is 66.4 Å². The van der Waals surface area contributed by atoms with E-state index in [9.17, 15) is 14.0 Å². The van der Waals surface area contributed by atoms with E-state index in [4.69, 9.17) is 5.11 Å². The Labute approximate surface area is 111 Å². The maximum absolute atomic E-state index is 12.8. The molecule has 1 unspecified atom stereocenters. The van der Waals surface area contributed by atoms with Gasteiger partial charge in [0, 0.05) is 19.4 Å². The molecule has 1 amide bonds. The molecule has 1 atom stereocenters. The van der Waals surface area contributed by atoms with Crippen LogP contribution < -0.4 is 5.32 Å². The lowest BCUT2D eigenvalue weighted by atomic mass is 9.97. The number of aliphatic carboxylic acids is 1. The van der Waals surface area contributed by atoms with Crippen molar-refractivity contribution in [3.05, 3.63) is 35.6 Å². The Morgan fingerprint density at radius 1 is 1.32 bits per heavy atom. The predicted molar refractivity (Wildman–Crippen MR) is 69.3 cm³/mol. The molecule has 5 heteroatoms. The molecule has 0 aliphatic heterocycles. The van der Waals surface area contributed by atoms with Gasteiger partial charge in [-0.25, -0.2) is 4.39 Å². The Kier molecular flexibility index (Phi) is 5.99. The zero-order chi connectivity index (χ0) is 14.3. The van der Waals surface area contributed by atoms with Gasteiger partial charge in [-0.05, 0) is 30.0 Å². The second kappa shape index (κ2) is 7.51. The third kappa shape index (κ3) is 5.99. The molecule has 0 saturated heterocycles. The van der Waals surface area contributed by atoms with E-state index in [1.807, 2.05) is 6.92 Å². The molecule has 2 N–H and O–H groups in total. The normalized spacial score (nSPS) is 11.9. The molecule has 0 bridgehead atoms. The average molecular weight is 267 g/mol. The number of hydrogen-bond donors (Lipinski definition) is 2. The van der Waals surface area contributed by atoms with Crippen molar-refractivity contribution in [1.29, 1.82) is 0 Å². The van der Waals surface area contributed by atoms with Crippen molar-refractivity contribution in [3.8, 4) is 0 Å². The highest BCUT2D eigenvalue weighted by Gasteiger charge is 2.11. The van der Waals surface area contributed by atoms with E-state index < -0.39 is 5.97 Å². The highest BCUT2D eigenvalue weighted by atomic mass is 19.1. The molecule has 1 rings (SSSR count). The van der Waals surface area contributed by atoms with Gasteiger partial charge in [0.05, 0.1) is 0 Å². The Morgan fingerprint density at radius 2 is 1.95 bits per heavy atom. The van der Waals surface area contributed by atoms with Gasteiger partial charge >= 0.3 is 5.97 Å². The molecule has 1 aromatic rings. The molecule has 0 aliphatic carbocycles. The number of halogens is 1. The average Bonchev–Trinajstić information content (AvgIpc) is 2.35. The molecular weight excluding hydrogens is 249 g/mol. The van der Waals surface area contributed by atoms with Crippen LogP contribution in [0.1, 0.15) is 37.7 Å². The molecule has 0 radical (unpaired) electrons. The van der Waals surface area contributed by atoms with Gasteiger partial charge in [-0.1, -0.05) is 19.1 Å². The Bertz CT molecular complexity index is 431. The number of nitrogens with one attached hydrogen (secondary N) is 1. The van der Waals surface area contributed by atoms with Crippen LogP contribution >= 0.6 is 0 Å². The van der Waals surface area contributed by atoms with Crippen molar-refractivity contribution in [2.75, 3.05) is 6.54 Å². The Morgan fingerprint density at radius 3 is 2.53 bits per heavy atom. The quantitative estimate of drug-likeness (QED) is 0.745. The molecule has 104 valence electrons. The second-order valence-corrected chi connectivity index (χ2v) is 4.50. The zero-order valence-corrected chi connectivity index (χ0v) is 10.9. The number of carbonyl (C=O) groups excluding carboxylic acids is 1. The standard InChI is InChI=1S/C14H18FNO3/c1-10(11-4-6-12(15)7-5-11)9-13(17)16-8-2-3-14(18)19/h4-7,10H,2-3,8-9H2,1H3,(H,16,17)(H,18,19). The largest absolute Gasteiger partial charge is 0.481 e. The van der Waals surface area contributed by atoms with E-state index >= 15 is 0 Å². The molecule has 0 heterocycles. The summed E-state index contributed by atoms with van der Waals surface area (Å²) in [5.41, 5.74) is 0.905. The lowest BCUT2D eigenvalue weighted by molar-refractivity contribution is -0.137. The first-order valence-electron chi connectivity index (χ1n) is 6.23. The fourth-order valence-electron chi connectivity index (χ4n) is 1.73. The fourth-order valence-corrected chi connectivity index (χ4v) is 1.73. The molecular formula is C14H18FNO3. The molecule has 19 heavy (non-hydrogen) atoms. The van der Waals surface area contributed by atoms with E-state index in [-0.39, 0.29) is 24.1 Å². The highest BCUT2D eigenvalue weighted by Crippen LogP contribution is 2.18. The van der Waals surface area contributed by atoms with Crippen LogP contribution in [0.5, 0.6) is 0 Å². The van der Waals surface area contributed by atoms with Crippen LogP contribution in [-0.4, -0.2) is 23.5 Å². The van der Waals surface area contributed by atoms with Crippen molar-refractivity contribution >= 4 is 11.9 Å². The zero-order valence-electron chi connectivity index (χ0n) is 10.9. The van der Waals surface area contributed by atoms with Crippen LogP contribution in [0.2, 0.25) is 0 Å². The van der Waals surface area contributed by atoms with Crippen LogP contribution in [0.4, 0.5) is 4.39 Å². The van der Waals surface area contributed by atoms with Crippen LogP contribution in [0, 0.1) is 5.82 Å². The molecule has 1 aromatic carbocycles. The summed E-state index contributed by atoms with van der Waals surface area (Å²) in [5.74, 6) is -1.29. The minimum atomic E-state index is -0.867. The van der Waals surface area contributed by atoms with E-state index in [0.717, 1.165) is 5.56 Å². The summed E-state index contributed by atoms with van der Waals surface area (Å²) in [7, 11) is 0. The first-order valence-corrected chi connectivity index (χ1v) is 6.23.